The van der Waals surface area contributed by atoms with Gasteiger partial charge in [0, 0.05) is 18.2 Å². The summed E-state index contributed by atoms with van der Waals surface area (Å²) >= 11 is 1.05. The summed E-state index contributed by atoms with van der Waals surface area (Å²) in [5.41, 5.74) is 1.50. The van der Waals surface area contributed by atoms with E-state index in [-0.39, 0.29) is 9.77 Å². The lowest BCUT2D eigenvalue weighted by atomic mass is 10.1. The number of rotatable bonds is 6. The molecule has 0 fully saturated rings. The molecule has 0 bridgehead atoms. The van der Waals surface area contributed by atoms with E-state index in [4.69, 9.17) is 4.74 Å². The van der Waals surface area contributed by atoms with E-state index in [2.05, 4.69) is 4.72 Å². The molecule has 1 aromatic heterocycles. The molecule has 26 heavy (non-hydrogen) atoms. The maximum Gasteiger partial charge on any atom is 0.308 e. The van der Waals surface area contributed by atoms with Gasteiger partial charge in [-0.05, 0) is 38.1 Å². The van der Waals surface area contributed by atoms with E-state index in [0.717, 1.165) is 22.4 Å². The molecule has 0 saturated carbocycles. The number of hydrogen-bond acceptors (Lipinski definition) is 5. The van der Waals surface area contributed by atoms with Crippen LogP contribution in [0.2, 0.25) is 0 Å². The predicted octanol–water partition coefficient (Wildman–Crippen LogP) is 3.13. The average Bonchev–Trinajstić information content (AvgIpc) is 2.95. The highest BCUT2D eigenvalue weighted by Gasteiger charge is 2.21. The van der Waals surface area contributed by atoms with Gasteiger partial charge in [-0.1, -0.05) is 29.5 Å². The second-order valence-electron chi connectivity index (χ2n) is 5.83. The number of nitrogens with one attached hydrogen (secondary N) is 1. The highest BCUT2D eigenvalue weighted by molar-refractivity contribution is 7.89. The molecule has 1 atom stereocenters. The second kappa shape index (κ2) is 7.22. The Morgan fingerprint density at radius 2 is 1.96 bits per heavy atom. The van der Waals surface area contributed by atoms with Crippen LogP contribution in [0, 0.1) is 0 Å². The topological polar surface area (TPSA) is 77.4 Å². The summed E-state index contributed by atoms with van der Waals surface area (Å²) in [6, 6.07) is 11.6. The van der Waals surface area contributed by atoms with Crippen molar-refractivity contribution in [2.24, 2.45) is 0 Å². The summed E-state index contributed by atoms with van der Waals surface area (Å²) in [5, 5.41) is 0. The number of benzene rings is 2. The van der Waals surface area contributed by atoms with Crippen LogP contribution in [0.4, 0.5) is 0 Å². The molecule has 0 aliphatic carbocycles. The van der Waals surface area contributed by atoms with Crippen LogP contribution in [-0.2, 0) is 16.6 Å². The SMILES string of the molecule is CCn1c(=O)sc2cc(S(=O)(=O)N[C@H](C)c3ccccc3OC)ccc21. The third kappa shape index (κ3) is 3.40. The van der Waals surface area contributed by atoms with Gasteiger partial charge in [0.1, 0.15) is 5.75 Å². The van der Waals surface area contributed by atoms with E-state index in [9.17, 15) is 13.2 Å². The van der Waals surface area contributed by atoms with Crippen LogP contribution in [0.15, 0.2) is 52.2 Å². The first kappa shape index (κ1) is 18.6. The zero-order chi connectivity index (χ0) is 18.9. The summed E-state index contributed by atoms with van der Waals surface area (Å²) in [4.78, 5) is 12.0. The number of hydrogen-bond donors (Lipinski definition) is 1. The molecule has 0 spiro atoms. The molecule has 3 aromatic rings. The van der Waals surface area contributed by atoms with E-state index in [1.165, 1.54) is 6.07 Å². The fourth-order valence-corrected chi connectivity index (χ4v) is 5.22. The predicted molar refractivity (Wildman–Crippen MR) is 103 cm³/mol. The van der Waals surface area contributed by atoms with Gasteiger partial charge in [-0.3, -0.25) is 9.36 Å². The number of sulfonamides is 1. The summed E-state index contributed by atoms with van der Waals surface area (Å²) in [6.45, 7) is 4.20. The van der Waals surface area contributed by atoms with Crippen LogP contribution in [0.3, 0.4) is 0 Å². The minimum absolute atomic E-state index is 0.0904. The largest absolute Gasteiger partial charge is 0.496 e. The van der Waals surface area contributed by atoms with Crippen LogP contribution in [0.25, 0.3) is 10.2 Å². The highest BCUT2D eigenvalue weighted by Crippen LogP contribution is 2.27. The molecule has 0 aliphatic rings. The maximum atomic E-state index is 12.8. The summed E-state index contributed by atoms with van der Waals surface area (Å²) in [7, 11) is -2.19. The Hall–Kier alpha value is -2.16. The Morgan fingerprint density at radius 1 is 1.23 bits per heavy atom. The fourth-order valence-electron chi connectivity index (χ4n) is 2.90. The van der Waals surface area contributed by atoms with Gasteiger partial charge >= 0.3 is 4.87 Å². The zero-order valence-electron chi connectivity index (χ0n) is 14.7. The quantitative estimate of drug-likeness (QED) is 0.699. The Morgan fingerprint density at radius 3 is 2.65 bits per heavy atom. The summed E-state index contributed by atoms with van der Waals surface area (Å²) in [5.74, 6) is 0.622. The molecule has 6 nitrogen and oxygen atoms in total. The number of nitrogens with zero attached hydrogens (tertiary/aromatic N) is 1. The standard InChI is InChI=1S/C18H20N2O4S2/c1-4-20-15-10-9-13(11-17(15)25-18(20)21)26(22,23)19-12(2)14-7-5-6-8-16(14)24-3/h5-12,19H,4H2,1-3H3/t12-/m1/s1. The van der Waals surface area contributed by atoms with Gasteiger partial charge in [0.05, 0.1) is 22.2 Å². The number of methoxy groups -OCH3 is 1. The van der Waals surface area contributed by atoms with Gasteiger partial charge in [0.25, 0.3) is 0 Å². The molecule has 0 amide bonds. The Balaban J connectivity index is 1.95. The summed E-state index contributed by atoms with van der Waals surface area (Å²) < 4.78 is 35.8. The van der Waals surface area contributed by atoms with Gasteiger partial charge in [-0.15, -0.1) is 0 Å². The number of aromatic nitrogens is 1. The lowest BCUT2D eigenvalue weighted by molar-refractivity contribution is 0.405. The molecule has 0 radical (unpaired) electrons. The van der Waals surface area contributed by atoms with Gasteiger partial charge in [0.15, 0.2) is 0 Å². The number of ether oxygens (including phenoxy) is 1. The Labute approximate surface area is 156 Å². The van der Waals surface area contributed by atoms with Crippen molar-refractivity contribution in [3.8, 4) is 5.75 Å². The lowest BCUT2D eigenvalue weighted by Crippen LogP contribution is -2.27. The van der Waals surface area contributed by atoms with Crippen LogP contribution in [0.5, 0.6) is 5.75 Å². The molecule has 1 N–H and O–H groups in total. The van der Waals surface area contributed by atoms with Crippen LogP contribution < -0.4 is 14.3 Å². The minimum Gasteiger partial charge on any atom is -0.496 e. The fraction of sp³-hybridized carbons (Fsp3) is 0.278. The van der Waals surface area contributed by atoms with Crippen molar-refractivity contribution in [1.82, 2.24) is 9.29 Å². The van der Waals surface area contributed by atoms with E-state index in [0.29, 0.717) is 17.0 Å². The van der Waals surface area contributed by atoms with Gasteiger partial charge in [0.2, 0.25) is 10.0 Å². The first-order valence-electron chi connectivity index (χ1n) is 8.16. The van der Waals surface area contributed by atoms with Crippen molar-refractivity contribution in [2.75, 3.05) is 7.11 Å². The molecular weight excluding hydrogens is 372 g/mol. The first-order chi connectivity index (χ1) is 12.4. The molecule has 0 aliphatic heterocycles. The lowest BCUT2D eigenvalue weighted by Gasteiger charge is -2.17. The molecule has 138 valence electrons. The third-order valence-corrected chi connectivity index (χ3v) is 6.68. The maximum absolute atomic E-state index is 12.8. The van der Waals surface area contributed by atoms with E-state index in [1.807, 2.05) is 25.1 Å². The number of para-hydroxylation sites is 1. The van der Waals surface area contributed by atoms with Crippen molar-refractivity contribution in [1.29, 1.82) is 0 Å². The first-order valence-corrected chi connectivity index (χ1v) is 10.5. The second-order valence-corrected chi connectivity index (χ2v) is 8.53. The van der Waals surface area contributed by atoms with Crippen molar-refractivity contribution < 1.29 is 13.2 Å². The third-order valence-electron chi connectivity index (χ3n) is 4.20. The van der Waals surface area contributed by atoms with Crippen LogP contribution in [0.1, 0.15) is 25.5 Å². The Bertz CT molecular complexity index is 1100. The van der Waals surface area contributed by atoms with Crippen LogP contribution in [-0.4, -0.2) is 20.1 Å². The van der Waals surface area contributed by atoms with Crippen molar-refractivity contribution >= 4 is 31.6 Å². The highest BCUT2D eigenvalue weighted by atomic mass is 32.2. The molecule has 2 aromatic carbocycles. The monoisotopic (exact) mass is 392 g/mol. The normalized spacial score (nSPS) is 13.0. The number of fused-ring (bicyclic) bond motifs is 1. The molecule has 0 unspecified atom stereocenters. The summed E-state index contributed by atoms with van der Waals surface area (Å²) in [6.07, 6.45) is 0. The van der Waals surface area contributed by atoms with Gasteiger partial charge < -0.3 is 4.74 Å². The minimum atomic E-state index is -3.74. The van der Waals surface area contributed by atoms with Gasteiger partial charge in [-0.25, -0.2) is 13.1 Å². The molecule has 3 rings (SSSR count). The van der Waals surface area contributed by atoms with Gasteiger partial charge in [-0.2, -0.15) is 0 Å². The smallest absolute Gasteiger partial charge is 0.308 e. The zero-order valence-corrected chi connectivity index (χ0v) is 16.4. The van der Waals surface area contributed by atoms with Crippen molar-refractivity contribution in [3.63, 3.8) is 0 Å². The van der Waals surface area contributed by atoms with E-state index >= 15 is 0 Å². The van der Waals surface area contributed by atoms with Crippen LogP contribution >= 0.6 is 11.3 Å². The molecule has 8 heteroatoms. The number of aryl methyl sites for hydroxylation is 1. The molecule has 0 saturated heterocycles. The Kier molecular flexibility index (Phi) is 5.17. The van der Waals surface area contributed by atoms with E-state index < -0.39 is 16.1 Å². The van der Waals surface area contributed by atoms with Crippen molar-refractivity contribution in [2.45, 2.75) is 31.3 Å². The molecular formula is C18H20N2O4S2. The molecule has 1 heterocycles. The average molecular weight is 393 g/mol. The van der Waals surface area contributed by atoms with E-state index in [1.54, 1.807) is 36.8 Å². The number of thiazole rings is 1. The van der Waals surface area contributed by atoms with Crippen molar-refractivity contribution in [3.05, 3.63) is 57.7 Å².